The monoisotopic (exact) mass is 236 g/mol. The van der Waals surface area contributed by atoms with Gasteiger partial charge in [0.05, 0.1) is 6.26 Å². The summed E-state index contributed by atoms with van der Waals surface area (Å²) in [4.78, 5) is 4.17. The molecule has 0 saturated heterocycles. The molecule has 16 heavy (non-hydrogen) atoms. The van der Waals surface area contributed by atoms with Gasteiger partial charge in [0, 0.05) is 12.5 Å². The van der Waals surface area contributed by atoms with Gasteiger partial charge in [0.1, 0.15) is 16.7 Å². The fourth-order valence-electron chi connectivity index (χ4n) is 1.52. The van der Waals surface area contributed by atoms with E-state index in [2.05, 4.69) is 17.2 Å². The van der Waals surface area contributed by atoms with Crippen molar-refractivity contribution in [3.05, 3.63) is 47.5 Å². The van der Waals surface area contributed by atoms with Crippen LogP contribution in [0.4, 0.5) is 5.82 Å². The summed E-state index contributed by atoms with van der Waals surface area (Å²) in [5.74, 6) is 1.74. The quantitative estimate of drug-likeness (QED) is 0.828. The van der Waals surface area contributed by atoms with Gasteiger partial charge >= 0.3 is 0 Å². The third-order valence-electron chi connectivity index (χ3n) is 2.20. The molecule has 4 heteroatoms. The molecule has 1 unspecified atom stereocenters. The first-order valence-electron chi connectivity index (χ1n) is 5.15. The van der Waals surface area contributed by atoms with Gasteiger partial charge in [0.25, 0.3) is 0 Å². The van der Waals surface area contributed by atoms with E-state index < -0.39 is 0 Å². The third-order valence-corrected chi connectivity index (χ3v) is 2.41. The van der Waals surface area contributed by atoms with E-state index in [1.807, 2.05) is 24.3 Å². The number of pyridine rings is 1. The van der Waals surface area contributed by atoms with Crippen molar-refractivity contribution in [1.29, 1.82) is 0 Å². The Hall–Kier alpha value is -1.48. The molecule has 3 nitrogen and oxygen atoms in total. The van der Waals surface area contributed by atoms with Crippen LogP contribution in [0.2, 0.25) is 5.15 Å². The Morgan fingerprint density at radius 1 is 1.38 bits per heavy atom. The Morgan fingerprint density at radius 3 is 2.94 bits per heavy atom. The number of nitrogens with one attached hydrogen (secondary N) is 1. The second-order valence-corrected chi connectivity index (χ2v) is 4.06. The second kappa shape index (κ2) is 5.03. The number of halogens is 1. The van der Waals surface area contributed by atoms with Crippen molar-refractivity contribution < 1.29 is 4.42 Å². The molecule has 2 rings (SSSR count). The van der Waals surface area contributed by atoms with E-state index in [-0.39, 0.29) is 6.04 Å². The molecule has 0 saturated carbocycles. The molecule has 0 spiro atoms. The van der Waals surface area contributed by atoms with Gasteiger partial charge in [0.15, 0.2) is 0 Å². The average molecular weight is 237 g/mol. The fraction of sp³-hybridized carbons (Fsp3) is 0.250. The van der Waals surface area contributed by atoms with Crippen LogP contribution in [0.15, 0.2) is 41.0 Å². The van der Waals surface area contributed by atoms with E-state index in [9.17, 15) is 0 Å². The van der Waals surface area contributed by atoms with E-state index in [1.165, 1.54) is 0 Å². The van der Waals surface area contributed by atoms with E-state index in [1.54, 1.807) is 12.3 Å². The van der Waals surface area contributed by atoms with Gasteiger partial charge in [-0.25, -0.2) is 4.98 Å². The first-order valence-corrected chi connectivity index (χ1v) is 5.53. The lowest BCUT2D eigenvalue weighted by Gasteiger charge is -2.12. The molecule has 0 bridgehead atoms. The maximum absolute atomic E-state index is 5.80. The SMILES string of the molecule is CC(Cc1ccco1)Nc1cccc(Cl)n1. The predicted molar refractivity (Wildman–Crippen MR) is 64.7 cm³/mol. The summed E-state index contributed by atoms with van der Waals surface area (Å²) in [6.45, 7) is 2.07. The summed E-state index contributed by atoms with van der Waals surface area (Å²) in [6.07, 6.45) is 2.50. The molecule has 2 aromatic rings. The summed E-state index contributed by atoms with van der Waals surface area (Å²) in [5.41, 5.74) is 0. The predicted octanol–water partition coefficient (Wildman–Crippen LogP) is 3.37. The van der Waals surface area contributed by atoms with E-state index in [4.69, 9.17) is 16.0 Å². The summed E-state index contributed by atoms with van der Waals surface area (Å²) >= 11 is 5.80. The van der Waals surface area contributed by atoms with Crippen molar-refractivity contribution in [2.24, 2.45) is 0 Å². The van der Waals surface area contributed by atoms with E-state index in [0.29, 0.717) is 5.15 Å². The normalized spacial score (nSPS) is 12.4. The third kappa shape index (κ3) is 3.00. The van der Waals surface area contributed by atoms with Crippen LogP contribution in [0.1, 0.15) is 12.7 Å². The zero-order chi connectivity index (χ0) is 11.4. The number of rotatable bonds is 4. The van der Waals surface area contributed by atoms with Crippen molar-refractivity contribution in [1.82, 2.24) is 4.98 Å². The Balaban J connectivity index is 1.94. The molecule has 0 fully saturated rings. The van der Waals surface area contributed by atoms with Gasteiger partial charge in [-0.05, 0) is 31.2 Å². The zero-order valence-electron chi connectivity index (χ0n) is 8.98. The number of aromatic nitrogens is 1. The van der Waals surface area contributed by atoms with Crippen LogP contribution in [0, 0.1) is 0 Å². The Labute approximate surface area is 99.5 Å². The van der Waals surface area contributed by atoms with E-state index in [0.717, 1.165) is 18.0 Å². The first-order chi connectivity index (χ1) is 7.74. The van der Waals surface area contributed by atoms with Crippen LogP contribution < -0.4 is 5.32 Å². The Kier molecular flexibility index (Phi) is 3.47. The van der Waals surface area contributed by atoms with Crippen molar-refractivity contribution in [2.75, 3.05) is 5.32 Å². The fourth-order valence-corrected chi connectivity index (χ4v) is 1.69. The minimum Gasteiger partial charge on any atom is -0.469 e. The van der Waals surface area contributed by atoms with Gasteiger partial charge in [0.2, 0.25) is 0 Å². The number of anilines is 1. The van der Waals surface area contributed by atoms with Crippen molar-refractivity contribution in [3.63, 3.8) is 0 Å². The molecule has 1 N–H and O–H groups in total. The van der Waals surface area contributed by atoms with Gasteiger partial charge in [-0.15, -0.1) is 0 Å². The van der Waals surface area contributed by atoms with Gasteiger partial charge in [-0.1, -0.05) is 17.7 Å². The summed E-state index contributed by atoms with van der Waals surface area (Å²) in [6, 6.07) is 9.62. The molecule has 2 heterocycles. The van der Waals surface area contributed by atoms with Crippen LogP contribution in [0.3, 0.4) is 0 Å². The highest BCUT2D eigenvalue weighted by atomic mass is 35.5. The number of furan rings is 1. The summed E-state index contributed by atoms with van der Waals surface area (Å²) < 4.78 is 5.28. The molecule has 1 atom stereocenters. The molecule has 0 amide bonds. The van der Waals surface area contributed by atoms with Gasteiger partial charge in [-0.3, -0.25) is 0 Å². The number of hydrogen-bond acceptors (Lipinski definition) is 3. The minimum absolute atomic E-state index is 0.247. The van der Waals surface area contributed by atoms with E-state index >= 15 is 0 Å². The van der Waals surface area contributed by atoms with Gasteiger partial charge in [-0.2, -0.15) is 0 Å². The molecule has 0 aromatic carbocycles. The van der Waals surface area contributed by atoms with Crippen molar-refractivity contribution >= 4 is 17.4 Å². The first kappa shape index (κ1) is 11.0. The molecular formula is C12H13ClN2O. The molecule has 84 valence electrons. The van der Waals surface area contributed by atoms with Crippen LogP contribution in [-0.4, -0.2) is 11.0 Å². The van der Waals surface area contributed by atoms with Crippen LogP contribution in [0.25, 0.3) is 0 Å². The summed E-state index contributed by atoms with van der Waals surface area (Å²) in [5, 5.41) is 3.76. The lowest BCUT2D eigenvalue weighted by molar-refractivity contribution is 0.497. The largest absolute Gasteiger partial charge is 0.469 e. The Bertz CT molecular complexity index is 442. The lowest BCUT2D eigenvalue weighted by Crippen LogP contribution is -2.18. The molecule has 0 radical (unpaired) electrons. The highest BCUT2D eigenvalue weighted by Crippen LogP contribution is 2.12. The van der Waals surface area contributed by atoms with Crippen LogP contribution in [-0.2, 0) is 6.42 Å². The summed E-state index contributed by atoms with van der Waals surface area (Å²) in [7, 11) is 0. The zero-order valence-corrected chi connectivity index (χ0v) is 9.74. The molecule has 0 aliphatic carbocycles. The lowest BCUT2D eigenvalue weighted by atomic mass is 10.2. The highest BCUT2D eigenvalue weighted by molar-refractivity contribution is 6.29. The molecular weight excluding hydrogens is 224 g/mol. The number of nitrogens with zero attached hydrogens (tertiary/aromatic N) is 1. The van der Waals surface area contributed by atoms with Gasteiger partial charge < -0.3 is 9.73 Å². The van der Waals surface area contributed by atoms with Crippen molar-refractivity contribution in [3.8, 4) is 0 Å². The van der Waals surface area contributed by atoms with Crippen molar-refractivity contribution in [2.45, 2.75) is 19.4 Å². The molecule has 0 aliphatic rings. The smallest absolute Gasteiger partial charge is 0.131 e. The Morgan fingerprint density at radius 2 is 2.25 bits per heavy atom. The topological polar surface area (TPSA) is 38.1 Å². The minimum atomic E-state index is 0.247. The standard InChI is InChI=1S/C12H13ClN2O/c1-9(8-10-4-3-7-16-10)14-12-6-2-5-11(13)15-12/h2-7,9H,8H2,1H3,(H,14,15). The molecule has 0 aliphatic heterocycles. The van der Waals surface area contributed by atoms with Crippen LogP contribution in [0.5, 0.6) is 0 Å². The maximum Gasteiger partial charge on any atom is 0.131 e. The molecule has 2 aromatic heterocycles. The maximum atomic E-state index is 5.80. The van der Waals surface area contributed by atoms with Crippen LogP contribution >= 0.6 is 11.6 Å². The average Bonchev–Trinajstić information content (AvgIpc) is 2.70. The highest BCUT2D eigenvalue weighted by Gasteiger charge is 2.06. The number of hydrogen-bond donors (Lipinski definition) is 1. The second-order valence-electron chi connectivity index (χ2n) is 3.67.